The number of nitrogens with zero attached hydrogens (tertiary/aromatic N) is 1. The number of piperidine rings is 1. The summed E-state index contributed by atoms with van der Waals surface area (Å²) in [4.78, 5) is 13.6. The Labute approximate surface area is 115 Å². The first kappa shape index (κ1) is 14.1. The van der Waals surface area contributed by atoms with Gasteiger partial charge in [-0.3, -0.25) is 9.69 Å². The minimum absolute atomic E-state index is 0.0312. The van der Waals surface area contributed by atoms with Crippen molar-refractivity contribution in [3.8, 4) is 0 Å². The number of amides is 1. The molecule has 3 nitrogen and oxygen atoms in total. The third-order valence-electron chi connectivity index (χ3n) is 3.96. The van der Waals surface area contributed by atoms with Gasteiger partial charge in [0.05, 0.1) is 5.92 Å². The molecule has 3 heteroatoms. The summed E-state index contributed by atoms with van der Waals surface area (Å²) in [7, 11) is 0. The lowest BCUT2D eigenvalue weighted by molar-refractivity contribution is -0.123. The third kappa shape index (κ3) is 3.80. The van der Waals surface area contributed by atoms with Gasteiger partial charge in [-0.15, -0.1) is 0 Å². The van der Waals surface area contributed by atoms with Crippen LogP contribution in [-0.4, -0.2) is 23.9 Å². The van der Waals surface area contributed by atoms with Gasteiger partial charge in [0.15, 0.2) is 0 Å². The van der Waals surface area contributed by atoms with Crippen molar-refractivity contribution in [2.24, 2.45) is 11.7 Å². The zero-order valence-electron chi connectivity index (χ0n) is 11.9. The molecule has 1 fully saturated rings. The van der Waals surface area contributed by atoms with Gasteiger partial charge in [-0.2, -0.15) is 0 Å². The fraction of sp³-hybridized carbons (Fsp3) is 0.562. The van der Waals surface area contributed by atoms with Crippen molar-refractivity contribution in [1.82, 2.24) is 4.90 Å². The molecular formula is C16H24N2O. The highest BCUT2D eigenvalue weighted by atomic mass is 16.1. The van der Waals surface area contributed by atoms with Gasteiger partial charge in [0, 0.05) is 13.1 Å². The monoisotopic (exact) mass is 260 g/mol. The van der Waals surface area contributed by atoms with Crippen LogP contribution in [0.1, 0.15) is 43.7 Å². The number of carbonyl (C=O) groups excluding carboxylic acids is 1. The Kier molecular flexibility index (Phi) is 4.59. The molecule has 0 bridgehead atoms. The quantitative estimate of drug-likeness (QED) is 0.904. The molecule has 104 valence electrons. The van der Waals surface area contributed by atoms with Crippen molar-refractivity contribution in [2.75, 3.05) is 13.1 Å². The number of hydrogen-bond acceptors (Lipinski definition) is 2. The first-order chi connectivity index (χ1) is 9.06. The average molecular weight is 260 g/mol. The summed E-state index contributed by atoms with van der Waals surface area (Å²) in [5.41, 5.74) is 8.10. The molecule has 1 aromatic rings. The number of nitrogens with two attached hydrogens (primary N) is 1. The normalized spacial score (nSPS) is 20.7. The standard InChI is InChI=1S/C16H24N2O/c1-12(2)14-7-5-13(6-8-14)10-18-9-3-4-15(11-18)16(17)19/h5-8,12,15H,3-4,9-11H2,1-2H3,(H2,17,19)/t15-/m0/s1. The van der Waals surface area contributed by atoms with E-state index in [9.17, 15) is 4.79 Å². The van der Waals surface area contributed by atoms with Crippen LogP contribution in [0.15, 0.2) is 24.3 Å². The predicted octanol–water partition coefficient (Wildman–Crippen LogP) is 2.51. The van der Waals surface area contributed by atoms with E-state index in [1.807, 2.05) is 0 Å². The summed E-state index contributed by atoms with van der Waals surface area (Å²) >= 11 is 0. The molecule has 1 aromatic carbocycles. The molecule has 1 saturated heterocycles. The Hall–Kier alpha value is -1.35. The largest absolute Gasteiger partial charge is 0.369 e. The van der Waals surface area contributed by atoms with Crippen molar-refractivity contribution < 1.29 is 4.79 Å². The van der Waals surface area contributed by atoms with Crippen LogP contribution in [0.4, 0.5) is 0 Å². The second kappa shape index (κ2) is 6.20. The molecule has 1 heterocycles. The van der Waals surface area contributed by atoms with Crippen molar-refractivity contribution in [3.05, 3.63) is 35.4 Å². The summed E-state index contributed by atoms with van der Waals surface area (Å²) < 4.78 is 0. The fourth-order valence-electron chi connectivity index (χ4n) is 2.70. The second-order valence-corrected chi connectivity index (χ2v) is 5.87. The van der Waals surface area contributed by atoms with Crippen molar-refractivity contribution >= 4 is 5.91 Å². The van der Waals surface area contributed by atoms with Crippen LogP contribution in [0, 0.1) is 5.92 Å². The summed E-state index contributed by atoms with van der Waals surface area (Å²) in [6.45, 7) is 7.20. The summed E-state index contributed by atoms with van der Waals surface area (Å²) in [5, 5.41) is 0. The lowest BCUT2D eigenvalue weighted by Gasteiger charge is -2.31. The Bertz CT molecular complexity index is 425. The molecule has 2 N–H and O–H groups in total. The van der Waals surface area contributed by atoms with Gasteiger partial charge in [0.1, 0.15) is 0 Å². The maximum Gasteiger partial charge on any atom is 0.221 e. The number of benzene rings is 1. The molecule has 0 unspecified atom stereocenters. The van der Waals surface area contributed by atoms with E-state index in [0.717, 1.165) is 32.5 Å². The van der Waals surface area contributed by atoms with E-state index in [1.54, 1.807) is 0 Å². The zero-order valence-corrected chi connectivity index (χ0v) is 11.9. The van der Waals surface area contributed by atoms with Gasteiger partial charge in [-0.25, -0.2) is 0 Å². The van der Waals surface area contributed by atoms with Crippen molar-refractivity contribution in [1.29, 1.82) is 0 Å². The molecule has 1 amide bonds. The smallest absolute Gasteiger partial charge is 0.221 e. The molecular weight excluding hydrogens is 236 g/mol. The number of hydrogen-bond donors (Lipinski definition) is 1. The van der Waals surface area contributed by atoms with Crippen LogP contribution >= 0.6 is 0 Å². The van der Waals surface area contributed by atoms with Gasteiger partial charge >= 0.3 is 0 Å². The lowest BCUT2D eigenvalue weighted by atomic mass is 9.96. The zero-order chi connectivity index (χ0) is 13.8. The van der Waals surface area contributed by atoms with E-state index in [0.29, 0.717) is 5.92 Å². The molecule has 1 atom stereocenters. The van der Waals surface area contributed by atoms with Crippen molar-refractivity contribution in [2.45, 2.75) is 39.2 Å². The van der Waals surface area contributed by atoms with E-state index in [1.165, 1.54) is 11.1 Å². The van der Waals surface area contributed by atoms with Crippen LogP contribution < -0.4 is 5.73 Å². The predicted molar refractivity (Wildman–Crippen MR) is 77.7 cm³/mol. The molecule has 0 spiro atoms. The van der Waals surface area contributed by atoms with E-state index in [2.05, 4.69) is 43.0 Å². The van der Waals surface area contributed by atoms with E-state index in [-0.39, 0.29) is 11.8 Å². The van der Waals surface area contributed by atoms with E-state index >= 15 is 0 Å². The number of primary amides is 1. The maximum atomic E-state index is 11.3. The molecule has 1 aliphatic heterocycles. The SMILES string of the molecule is CC(C)c1ccc(CN2CCC[C@H](C(N)=O)C2)cc1. The first-order valence-electron chi connectivity index (χ1n) is 7.16. The number of rotatable bonds is 4. The number of carbonyl (C=O) groups is 1. The fourth-order valence-corrected chi connectivity index (χ4v) is 2.70. The molecule has 19 heavy (non-hydrogen) atoms. The minimum Gasteiger partial charge on any atom is -0.369 e. The minimum atomic E-state index is -0.153. The lowest BCUT2D eigenvalue weighted by Crippen LogP contribution is -2.40. The van der Waals surface area contributed by atoms with E-state index < -0.39 is 0 Å². The number of likely N-dealkylation sites (tertiary alicyclic amines) is 1. The summed E-state index contributed by atoms with van der Waals surface area (Å²) in [6, 6.07) is 8.80. The van der Waals surface area contributed by atoms with Crippen LogP contribution in [0.5, 0.6) is 0 Å². The highest BCUT2D eigenvalue weighted by molar-refractivity contribution is 5.76. The Morgan fingerprint density at radius 1 is 1.37 bits per heavy atom. The Balaban J connectivity index is 1.95. The second-order valence-electron chi connectivity index (χ2n) is 5.87. The maximum absolute atomic E-state index is 11.3. The highest BCUT2D eigenvalue weighted by Gasteiger charge is 2.23. The summed E-state index contributed by atoms with van der Waals surface area (Å²) in [6.07, 6.45) is 2.01. The highest BCUT2D eigenvalue weighted by Crippen LogP contribution is 2.20. The molecule has 1 aliphatic rings. The van der Waals surface area contributed by atoms with Gasteiger partial charge in [-0.1, -0.05) is 38.1 Å². The van der Waals surface area contributed by atoms with Crippen molar-refractivity contribution in [3.63, 3.8) is 0 Å². The van der Waals surface area contributed by atoms with Crippen LogP contribution in [0.2, 0.25) is 0 Å². The Morgan fingerprint density at radius 2 is 2.05 bits per heavy atom. The van der Waals surface area contributed by atoms with Crippen LogP contribution in [0.25, 0.3) is 0 Å². The topological polar surface area (TPSA) is 46.3 Å². The molecule has 0 saturated carbocycles. The van der Waals surface area contributed by atoms with Gasteiger partial charge in [-0.05, 0) is 36.4 Å². The van der Waals surface area contributed by atoms with E-state index in [4.69, 9.17) is 5.73 Å². The van der Waals surface area contributed by atoms with Crippen LogP contribution in [0.3, 0.4) is 0 Å². The van der Waals surface area contributed by atoms with Gasteiger partial charge in [0.2, 0.25) is 5.91 Å². The van der Waals surface area contributed by atoms with Crippen LogP contribution in [-0.2, 0) is 11.3 Å². The summed E-state index contributed by atoms with van der Waals surface area (Å²) in [5.74, 6) is 0.451. The molecule has 2 rings (SSSR count). The average Bonchev–Trinajstić information content (AvgIpc) is 2.39. The first-order valence-corrected chi connectivity index (χ1v) is 7.16. The molecule has 0 aliphatic carbocycles. The van der Waals surface area contributed by atoms with Gasteiger partial charge < -0.3 is 5.73 Å². The Morgan fingerprint density at radius 3 is 2.63 bits per heavy atom. The molecule has 0 radical (unpaired) electrons. The third-order valence-corrected chi connectivity index (χ3v) is 3.96. The molecule has 0 aromatic heterocycles. The van der Waals surface area contributed by atoms with Gasteiger partial charge in [0.25, 0.3) is 0 Å².